The van der Waals surface area contributed by atoms with Crippen molar-refractivity contribution in [1.29, 1.82) is 0 Å². The van der Waals surface area contributed by atoms with Crippen LogP contribution in [0.1, 0.15) is 29.6 Å². The third-order valence-electron chi connectivity index (χ3n) is 3.21. The second kappa shape index (κ2) is 5.94. The van der Waals surface area contributed by atoms with E-state index in [-0.39, 0.29) is 6.42 Å². The zero-order valence-corrected chi connectivity index (χ0v) is 11.8. The Kier molecular flexibility index (Phi) is 4.27. The van der Waals surface area contributed by atoms with Gasteiger partial charge in [-0.3, -0.25) is 0 Å². The minimum absolute atomic E-state index is 0.242. The molecule has 20 heavy (non-hydrogen) atoms. The van der Waals surface area contributed by atoms with E-state index in [2.05, 4.69) is 15.3 Å². The van der Waals surface area contributed by atoms with Crippen molar-refractivity contribution in [1.82, 2.24) is 9.97 Å². The SMILES string of the molecule is CCc1c(C)nc(Cc2ccc(F)cc2F)nc1NC. The van der Waals surface area contributed by atoms with Crippen molar-refractivity contribution in [3.05, 3.63) is 52.5 Å². The fourth-order valence-corrected chi connectivity index (χ4v) is 2.20. The molecule has 0 atom stereocenters. The van der Waals surface area contributed by atoms with Crippen molar-refractivity contribution < 1.29 is 8.78 Å². The summed E-state index contributed by atoms with van der Waals surface area (Å²) in [6.07, 6.45) is 1.07. The fraction of sp³-hybridized carbons (Fsp3) is 0.333. The van der Waals surface area contributed by atoms with Gasteiger partial charge in [-0.1, -0.05) is 13.0 Å². The summed E-state index contributed by atoms with van der Waals surface area (Å²) in [5.41, 5.74) is 2.32. The number of aryl methyl sites for hydroxylation is 1. The van der Waals surface area contributed by atoms with E-state index in [1.54, 1.807) is 7.05 Å². The van der Waals surface area contributed by atoms with Crippen LogP contribution in [0.15, 0.2) is 18.2 Å². The summed E-state index contributed by atoms with van der Waals surface area (Å²) >= 11 is 0. The minimum atomic E-state index is -0.583. The molecule has 0 fully saturated rings. The molecule has 0 radical (unpaired) electrons. The highest BCUT2D eigenvalue weighted by atomic mass is 19.1. The Hall–Kier alpha value is -2.04. The van der Waals surface area contributed by atoms with E-state index in [0.29, 0.717) is 11.4 Å². The monoisotopic (exact) mass is 277 g/mol. The molecular formula is C15H17F2N3. The second-order valence-electron chi connectivity index (χ2n) is 4.57. The lowest BCUT2D eigenvalue weighted by molar-refractivity contribution is 0.573. The normalized spacial score (nSPS) is 10.7. The summed E-state index contributed by atoms with van der Waals surface area (Å²) < 4.78 is 26.5. The zero-order valence-electron chi connectivity index (χ0n) is 11.8. The number of aromatic nitrogens is 2. The van der Waals surface area contributed by atoms with Crippen molar-refractivity contribution >= 4 is 5.82 Å². The van der Waals surface area contributed by atoms with Gasteiger partial charge in [-0.2, -0.15) is 0 Å². The Morgan fingerprint density at radius 3 is 2.55 bits per heavy atom. The third-order valence-corrected chi connectivity index (χ3v) is 3.21. The van der Waals surface area contributed by atoms with Crippen LogP contribution in [0, 0.1) is 18.6 Å². The Morgan fingerprint density at radius 1 is 1.20 bits per heavy atom. The average Bonchev–Trinajstić information content (AvgIpc) is 2.41. The van der Waals surface area contributed by atoms with Gasteiger partial charge in [0.1, 0.15) is 23.3 Å². The summed E-state index contributed by atoms with van der Waals surface area (Å²) in [6.45, 7) is 3.94. The number of hydrogen-bond acceptors (Lipinski definition) is 3. The number of nitrogens with one attached hydrogen (secondary N) is 1. The van der Waals surface area contributed by atoms with E-state index in [4.69, 9.17) is 0 Å². The molecule has 0 spiro atoms. The van der Waals surface area contributed by atoms with Gasteiger partial charge in [0.05, 0.1) is 0 Å². The highest BCUT2D eigenvalue weighted by Gasteiger charge is 2.11. The average molecular weight is 277 g/mol. The molecule has 1 aromatic heterocycles. The van der Waals surface area contributed by atoms with Crippen molar-refractivity contribution in [2.75, 3.05) is 12.4 Å². The zero-order chi connectivity index (χ0) is 14.7. The largest absolute Gasteiger partial charge is 0.373 e. The van der Waals surface area contributed by atoms with Gasteiger partial charge in [-0.15, -0.1) is 0 Å². The number of nitrogens with zero attached hydrogens (tertiary/aromatic N) is 2. The Balaban J connectivity index is 2.36. The van der Waals surface area contributed by atoms with Crippen LogP contribution in [0.2, 0.25) is 0 Å². The Morgan fingerprint density at radius 2 is 1.95 bits per heavy atom. The molecular weight excluding hydrogens is 260 g/mol. The van der Waals surface area contributed by atoms with Gasteiger partial charge in [0, 0.05) is 30.8 Å². The van der Waals surface area contributed by atoms with Crippen molar-refractivity contribution in [3.63, 3.8) is 0 Å². The first-order chi connectivity index (χ1) is 9.55. The minimum Gasteiger partial charge on any atom is -0.373 e. The maximum atomic E-state index is 13.7. The molecule has 0 saturated carbocycles. The molecule has 0 bridgehead atoms. The first kappa shape index (κ1) is 14.4. The molecule has 0 aliphatic rings. The van der Waals surface area contributed by atoms with Crippen molar-refractivity contribution in [2.24, 2.45) is 0 Å². The van der Waals surface area contributed by atoms with Gasteiger partial charge in [-0.25, -0.2) is 18.7 Å². The predicted octanol–water partition coefficient (Wildman–Crippen LogP) is 3.26. The Bertz CT molecular complexity index is 627. The number of rotatable bonds is 4. The fourth-order valence-electron chi connectivity index (χ4n) is 2.20. The standard InChI is InChI=1S/C15H17F2N3/c1-4-12-9(2)19-14(20-15(12)18-3)7-10-5-6-11(16)8-13(10)17/h5-6,8H,4,7H2,1-3H3,(H,18,19,20). The maximum Gasteiger partial charge on any atom is 0.135 e. The van der Waals surface area contributed by atoms with E-state index in [0.717, 1.165) is 29.6 Å². The lowest BCUT2D eigenvalue weighted by Gasteiger charge is -2.11. The van der Waals surface area contributed by atoms with Gasteiger partial charge in [0.2, 0.25) is 0 Å². The molecule has 0 aliphatic carbocycles. The summed E-state index contributed by atoms with van der Waals surface area (Å²) in [4.78, 5) is 8.80. The van der Waals surface area contributed by atoms with Crippen molar-refractivity contribution in [3.8, 4) is 0 Å². The van der Waals surface area contributed by atoms with Crippen LogP contribution < -0.4 is 5.32 Å². The van der Waals surface area contributed by atoms with Gasteiger partial charge in [-0.05, 0) is 25.0 Å². The van der Waals surface area contributed by atoms with Crippen LogP contribution in [-0.4, -0.2) is 17.0 Å². The molecule has 0 unspecified atom stereocenters. The highest BCUT2D eigenvalue weighted by molar-refractivity contribution is 5.46. The lowest BCUT2D eigenvalue weighted by atomic mass is 10.1. The maximum absolute atomic E-state index is 13.7. The van der Waals surface area contributed by atoms with Crippen LogP contribution in [0.4, 0.5) is 14.6 Å². The Labute approximate surface area is 117 Å². The molecule has 106 valence electrons. The van der Waals surface area contributed by atoms with E-state index in [1.165, 1.54) is 12.1 Å². The number of halogens is 2. The molecule has 0 amide bonds. The molecule has 0 aliphatic heterocycles. The summed E-state index contributed by atoms with van der Waals surface area (Å²) in [5, 5.41) is 3.03. The van der Waals surface area contributed by atoms with Crippen molar-refractivity contribution in [2.45, 2.75) is 26.7 Å². The first-order valence-electron chi connectivity index (χ1n) is 6.53. The molecule has 3 nitrogen and oxygen atoms in total. The van der Waals surface area contributed by atoms with Crippen LogP contribution in [-0.2, 0) is 12.8 Å². The highest BCUT2D eigenvalue weighted by Crippen LogP contribution is 2.19. The van der Waals surface area contributed by atoms with Gasteiger partial charge < -0.3 is 5.32 Å². The molecule has 5 heteroatoms. The lowest BCUT2D eigenvalue weighted by Crippen LogP contribution is -2.08. The van der Waals surface area contributed by atoms with E-state index >= 15 is 0 Å². The molecule has 1 heterocycles. The third kappa shape index (κ3) is 2.92. The van der Waals surface area contributed by atoms with Crippen LogP contribution >= 0.6 is 0 Å². The summed E-state index contributed by atoms with van der Waals surface area (Å²) in [5.74, 6) is 0.129. The number of benzene rings is 1. The van der Waals surface area contributed by atoms with Crippen LogP contribution in [0.5, 0.6) is 0 Å². The second-order valence-corrected chi connectivity index (χ2v) is 4.57. The predicted molar refractivity (Wildman–Crippen MR) is 74.9 cm³/mol. The van der Waals surface area contributed by atoms with Crippen LogP contribution in [0.25, 0.3) is 0 Å². The molecule has 2 aromatic rings. The molecule has 0 saturated heterocycles. The van der Waals surface area contributed by atoms with Gasteiger partial charge >= 0.3 is 0 Å². The smallest absolute Gasteiger partial charge is 0.135 e. The van der Waals surface area contributed by atoms with E-state index < -0.39 is 11.6 Å². The van der Waals surface area contributed by atoms with Gasteiger partial charge in [0.25, 0.3) is 0 Å². The number of hydrogen-bond donors (Lipinski definition) is 1. The molecule has 2 rings (SSSR count). The molecule has 1 aromatic carbocycles. The summed E-state index contributed by atoms with van der Waals surface area (Å²) in [6, 6.07) is 3.54. The summed E-state index contributed by atoms with van der Waals surface area (Å²) in [7, 11) is 1.79. The topological polar surface area (TPSA) is 37.8 Å². The van der Waals surface area contributed by atoms with E-state index in [1.807, 2.05) is 13.8 Å². The molecule has 1 N–H and O–H groups in total. The van der Waals surface area contributed by atoms with Gasteiger partial charge in [0.15, 0.2) is 0 Å². The first-order valence-corrected chi connectivity index (χ1v) is 6.53. The quantitative estimate of drug-likeness (QED) is 0.932. The van der Waals surface area contributed by atoms with Crippen LogP contribution in [0.3, 0.4) is 0 Å². The number of anilines is 1. The van der Waals surface area contributed by atoms with E-state index in [9.17, 15) is 8.78 Å².